The van der Waals surface area contributed by atoms with Crippen LogP contribution in [0.15, 0.2) is 24.3 Å². The van der Waals surface area contributed by atoms with Crippen LogP contribution in [0.25, 0.3) is 5.69 Å². The van der Waals surface area contributed by atoms with Crippen molar-refractivity contribution in [3.8, 4) is 5.69 Å². The van der Waals surface area contributed by atoms with Crippen LogP contribution in [0.2, 0.25) is 5.02 Å². The zero-order chi connectivity index (χ0) is 21.1. The first-order valence-corrected chi connectivity index (χ1v) is 10.9. The van der Waals surface area contributed by atoms with Gasteiger partial charge in [0.25, 0.3) is 5.91 Å². The second-order valence-corrected chi connectivity index (χ2v) is 8.36. The number of nitrogens with zero attached hydrogens (tertiary/aromatic N) is 6. The number of amides is 2. The van der Waals surface area contributed by atoms with E-state index in [1.807, 2.05) is 24.0 Å². The normalized spacial score (nSPS) is 17.9. The fourth-order valence-electron chi connectivity index (χ4n) is 4.07. The molecule has 160 valence electrons. The average molecular weight is 431 g/mol. The predicted octanol–water partition coefficient (Wildman–Crippen LogP) is 2.00. The van der Waals surface area contributed by atoms with Crippen molar-refractivity contribution in [2.75, 3.05) is 45.8 Å². The number of aromatic nitrogens is 3. The smallest absolute Gasteiger partial charge is 0.276 e. The lowest BCUT2D eigenvalue weighted by molar-refractivity contribution is -0.133. The van der Waals surface area contributed by atoms with Crippen molar-refractivity contribution in [3.63, 3.8) is 0 Å². The molecule has 0 saturated carbocycles. The number of carbonyl (C=O) groups excluding carboxylic acids is 2. The second-order valence-electron chi connectivity index (χ2n) is 7.92. The summed E-state index contributed by atoms with van der Waals surface area (Å²) in [5.74, 6) is 0.0811. The largest absolute Gasteiger partial charge is 0.342 e. The maximum absolute atomic E-state index is 13.0. The van der Waals surface area contributed by atoms with Gasteiger partial charge in [-0.05, 0) is 44.4 Å². The molecule has 2 aliphatic heterocycles. The van der Waals surface area contributed by atoms with Crippen LogP contribution in [0.5, 0.6) is 0 Å². The molecule has 2 aliphatic rings. The Bertz CT molecular complexity index is 916. The van der Waals surface area contributed by atoms with E-state index < -0.39 is 0 Å². The van der Waals surface area contributed by atoms with Crippen molar-refractivity contribution in [2.24, 2.45) is 0 Å². The first-order valence-electron chi connectivity index (χ1n) is 10.5. The lowest BCUT2D eigenvalue weighted by Gasteiger charge is -2.35. The zero-order valence-corrected chi connectivity index (χ0v) is 18.0. The monoisotopic (exact) mass is 430 g/mol. The minimum absolute atomic E-state index is 0.122. The third-order valence-electron chi connectivity index (χ3n) is 5.88. The summed E-state index contributed by atoms with van der Waals surface area (Å²) in [6.45, 7) is 6.55. The summed E-state index contributed by atoms with van der Waals surface area (Å²) in [5.41, 5.74) is 1.81. The molecule has 8 nitrogen and oxygen atoms in total. The van der Waals surface area contributed by atoms with E-state index in [9.17, 15) is 9.59 Å². The highest BCUT2D eigenvalue weighted by atomic mass is 35.5. The molecule has 0 N–H and O–H groups in total. The fourth-order valence-corrected chi connectivity index (χ4v) is 4.26. The third kappa shape index (κ3) is 4.49. The predicted molar refractivity (Wildman–Crippen MR) is 114 cm³/mol. The van der Waals surface area contributed by atoms with Crippen molar-refractivity contribution in [1.29, 1.82) is 0 Å². The van der Waals surface area contributed by atoms with E-state index in [0.29, 0.717) is 49.1 Å². The summed E-state index contributed by atoms with van der Waals surface area (Å²) in [6.07, 6.45) is 3.42. The number of carbonyl (C=O) groups is 2. The van der Waals surface area contributed by atoms with Gasteiger partial charge in [-0.1, -0.05) is 22.9 Å². The molecule has 0 atom stereocenters. The molecule has 2 fully saturated rings. The molecule has 9 heteroatoms. The molecular weight excluding hydrogens is 404 g/mol. The molecule has 2 aromatic rings. The summed E-state index contributed by atoms with van der Waals surface area (Å²) in [5, 5.41) is 8.88. The maximum atomic E-state index is 13.0. The molecule has 0 unspecified atom stereocenters. The number of piperazine rings is 1. The van der Waals surface area contributed by atoms with Crippen molar-refractivity contribution in [1.82, 2.24) is 29.7 Å². The topological polar surface area (TPSA) is 74.6 Å². The zero-order valence-electron chi connectivity index (χ0n) is 17.3. The molecule has 30 heavy (non-hydrogen) atoms. The molecule has 0 aliphatic carbocycles. The van der Waals surface area contributed by atoms with Crippen LogP contribution in [0.1, 0.15) is 35.4 Å². The second kappa shape index (κ2) is 9.14. The Balaban J connectivity index is 1.35. The van der Waals surface area contributed by atoms with Gasteiger partial charge in [-0.25, -0.2) is 4.68 Å². The summed E-state index contributed by atoms with van der Waals surface area (Å²) in [6, 6.07) is 7.29. The van der Waals surface area contributed by atoms with E-state index in [-0.39, 0.29) is 11.8 Å². The number of halogens is 1. The van der Waals surface area contributed by atoms with Crippen molar-refractivity contribution in [3.05, 3.63) is 40.7 Å². The molecule has 1 aromatic carbocycles. The highest BCUT2D eigenvalue weighted by molar-refractivity contribution is 6.30. The Kier molecular flexibility index (Phi) is 6.34. The Labute approximate surface area is 181 Å². The van der Waals surface area contributed by atoms with E-state index in [2.05, 4.69) is 15.2 Å². The van der Waals surface area contributed by atoms with Gasteiger partial charge in [0.1, 0.15) is 0 Å². The molecule has 1 aromatic heterocycles. The van der Waals surface area contributed by atoms with Gasteiger partial charge in [0, 0.05) is 44.3 Å². The van der Waals surface area contributed by atoms with Gasteiger partial charge in [-0.2, -0.15) is 0 Å². The minimum Gasteiger partial charge on any atom is -0.342 e. The van der Waals surface area contributed by atoms with Gasteiger partial charge >= 0.3 is 0 Å². The summed E-state index contributed by atoms with van der Waals surface area (Å²) >= 11 is 6.07. The van der Waals surface area contributed by atoms with Crippen LogP contribution in [0.3, 0.4) is 0 Å². The summed E-state index contributed by atoms with van der Waals surface area (Å²) in [4.78, 5) is 31.4. The lowest BCUT2D eigenvalue weighted by Crippen LogP contribution is -2.52. The third-order valence-corrected chi connectivity index (χ3v) is 6.11. The first-order chi connectivity index (χ1) is 14.5. The van der Waals surface area contributed by atoms with E-state index in [1.165, 1.54) is 6.42 Å². The van der Waals surface area contributed by atoms with Crippen LogP contribution in [0.4, 0.5) is 0 Å². The quantitative estimate of drug-likeness (QED) is 0.741. The average Bonchev–Trinajstić information content (AvgIpc) is 3.15. The number of rotatable bonds is 4. The van der Waals surface area contributed by atoms with E-state index in [1.54, 1.807) is 21.7 Å². The highest BCUT2D eigenvalue weighted by Gasteiger charge is 2.28. The number of piperidine rings is 1. The van der Waals surface area contributed by atoms with Gasteiger partial charge in [-0.15, -0.1) is 5.10 Å². The van der Waals surface area contributed by atoms with E-state index >= 15 is 0 Å². The van der Waals surface area contributed by atoms with Crippen LogP contribution < -0.4 is 0 Å². The molecule has 3 heterocycles. The Hall–Kier alpha value is -2.45. The van der Waals surface area contributed by atoms with Crippen LogP contribution >= 0.6 is 11.6 Å². The minimum atomic E-state index is -0.122. The van der Waals surface area contributed by atoms with Gasteiger partial charge in [0.2, 0.25) is 5.91 Å². The number of benzene rings is 1. The number of hydrogen-bond acceptors (Lipinski definition) is 5. The molecular formula is C21H27ClN6O2. The SMILES string of the molecule is Cc1c(C(=O)N2CCN(CC(=O)N3CCCCC3)CC2)nnn1-c1cccc(Cl)c1. The summed E-state index contributed by atoms with van der Waals surface area (Å²) < 4.78 is 1.63. The lowest BCUT2D eigenvalue weighted by atomic mass is 10.1. The Morgan fingerprint density at radius 2 is 1.73 bits per heavy atom. The molecule has 2 saturated heterocycles. The molecule has 0 radical (unpaired) electrons. The van der Waals surface area contributed by atoms with Gasteiger partial charge in [0.05, 0.1) is 17.9 Å². The van der Waals surface area contributed by atoms with Gasteiger partial charge in [0.15, 0.2) is 5.69 Å². The van der Waals surface area contributed by atoms with Gasteiger partial charge in [-0.3, -0.25) is 14.5 Å². The molecule has 2 amide bonds. The van der Waals surface area contributed by atoms with Gasteiger partial charge < -0.3 is 9.80 Å². The maximum Gasteiger partial charge on any atom is 0.276 e. The standard InChI is InChI=1S/C21H27ClN6O2/c1-16-20(23-24-28(16)18-7-5-6-17(22)14-18)21(30)27-12-10-25(11-13-27)15-19(29)26-8-3-2-4-9-26/h5-7,14H,2-4,8-13,15H2,1H3. The number of likely N-dealkylation sites (tertiary alicyclic amines) is 1. The van der Waals surface area contributed by atoms with Crippen LogP contribution in [-0.4, -0.2) is 87.3 Å². The van der Waals surface area contributed by atoms with Crippen LogP contribution in [-0.2, 0) is 4.79 Å². The molecule has 4 rings (SSSR count). The van der Waals surface area contributed by atoms with E-state index in [0.717, 1.165) is 31.6 Å². The Morgan fingerprint density at radius 3 is 2.43 bits per heavy atom. The van der Waals surface area contributed by atoms with Crippen LogP contribution in [0, 0.1) is 6.92 Å². The molecule has 0 spiro atoms. The fraction of sp³-hybridized carbons (Fsp3) is 0.524. The number of hydrogen-bond donors (Lipinski definition) is 0. The summed E-state index contributed by atoms with van der Waals surface area (Å²) in [7, 11) is 0. The Morgan fingerprint density at radius 1 is 1.00 bits per heavy atom. The highest BCUT2D eigenvalue weighted by Crippen LogP contribution is 2.18. The van der Waals surface area contributed by atoms with Crippen molar-refractivity contribution >= 4 is 23.4 Å². The van der Waals surface area contributed by atoms with Crippen molar-refractivity contribution in [2.45, 2.75) is 26.2 Å². The van der Waals surface area contributed by atoms with E-state index in [4.69, 9.17) is 11.6 Å². The molecule has 0 bridgehead atoms. The first kappa shape index (κ1) is 20.8. The van der Waals surface area contributed by atoms with Crippen molar-refractivity contribution < 1.29 is 9.59 Å².